The second kappa shape index (κ2) is 8.59. The van der Waals surface area contributed by atoms with Gasteiger partial charge in [-0.25, -0.2) is 14.4 Å². The highest BCUT2D eigenvalue weighted by molar-refractivity contribution is 5.76. The summed E-state index contributed by atoms with van der Waals surface area (Å²) in [7, 11) is 0. The lowest BCUT2D eigenvalue weighted by Gasteiger charge is -2.34. The van der Waals surface area contributed by atoms with E-state index in [2.05, 4.69) is 9.97 Å². The molecule has 7 heteroatoms. The molecule has 0 N–H and O–H groups in total. The van der Waals surface area contributed by atoms with Crippen molar-refractivity contribution in [3.05, 3.63) is 71.7 Å². The largest absolute Gasteiger partial charge is 0.443 e. The zero-order chi connectivity index (χ0) is 20.2. The number of likely N-dealkylation sites (tertiary alicyclic amines) is 1. The van der Waals surface area contributed by atoms with Gasteiger partial charge in [-0.05, 0) is 37.0 Å². The fourth-order valence-electron chi connectivity index (χ4n) is 3.88. The van der Waals surface area contributed by atoms with Crippen LogP contribution in [0, 0.1) is 5.82 Å². The summed E-state index contributed by atoms with van der Waals surface area (Å²) in [6.07, 6.45) is 9.48. The summed E-state index contributed by atoms with van der Waals surface area (Å²) in [6, 6.07) is 6.21. The normalized spacial score (nSPS) is 16.9. The Hall–Kier alpha value is -2.96. The van der Waals surface area contributed by atoms with Gasteiger partial charge in [0.05, 0.1) is 6.20 Å². The van der Waals surface area contributed by atoms with Gasteiger partial charge in [0.1, 0.15) is 30.0 Å². The lowest BCUT2D eigenvalue weighted by atomic mass is 10.0. The Kier molecular flexibility index (Phi) is 5.74. The maximum absolute atomic E-state index is 13.1. The molecule has 2 aromatic heterocycles. The molecule has 1 atom stereocenters. The lowest BCUT2D eigenvalue weighted by molar-refractivity contribution is -0.136. The Morgan fingerprint density at radius 2 is 2.07 bits per heavy atom. The third-order valence-corrected chi connectivity index (χ3v) is 5.39. The van der Waals surface area contributed by atoms with Gasteiger partial charge in [-0.1, -0.05) is 19.1 Å². The van der Waals surface area contributed by atoms with E-state index in [4.69, 9.17) is 4.42 Å². The number of amides is 1. The van der Waals surface area contributed by atoms with Gasteiger partial charge in [0.15, 0.2) is 0 Å². The average Bonchev–Trinajstić information content (AvgIpc) is 3.39. The number of halogens is 1. The molecule has 3 aromatic rings. The second-order valence-electron chi connectivity index (χ2n) is 7.39. The highest BCUT2D eigenvalue weighted by Crippen LogP contribution is 2.31. The molecule has 6 nitrogen and oxygen atoms in total. The van der Waals surface area contributed by atoms with Crippen LogP contribution in [0.3, 0.4) is 0 Å². The number of imidazole rings is 1. The molecular weight excluding hydrogens is 371 g/mol. The monoisotopic (exact) mass is 396 g/mol. The van der Waals surface area contributed by atoms with Crippen molar-refractivity contribution in [2.24, 2.45) is 0 Å². The molecule has 1 aliphatic rings. The minimum absolute atomic E-state index is 0.0562. The van der Waals surface area contributed by atoms with E-state index in [0.717, 1.165) is 37.1 Å². The van der Waals surface area contributed by atoms with Crippen molar-refractivity contribution < 1.29 is 13.6 Å². The van der Waals surface area contributed by atoms with E-state index in [-0.39, 0.29) is 24.3 Å². The van der Waals surface area contributed by atoms with Crippen LogP contribution in [0.4, 0.5) is 4.39 Å². The molecule has 152 valence electrons. The third-order valence-electron chi connectivity index (χ3n) is 5.39. The Labute approximate surface area is 169 Å². The van der Waals surface area contributed by atoms with Crippen molar-refractivity contribution in [1.29, 1.82) is 0 Å². The zero-order valence-corrected chi connectivity index (χ0v) is 16.6. The number of hydrogen-bond acceptors (Lipinski definition) is 4. The van der Waals surface area contributed by atoms with Crippen LogP contribution >= 0.6 is 0 Å². The number of oxazole rings is 1. The predicted octanol–water partition coefficient (Wildman–Crippen LogP) is 3.92. The molecule has 0 unspecified atom stereocenters. The predicted molar refractivity (Wildman–Crippen MR) is 106 cm³/mol. The van der Waals surface area contributed by atoms with E-state index in [0.29, 0.717) is 24.6 Å². The van der Waals surface area contributed by atoms with Gasteiger partial charge < -0.3 is 13.9 Å². The molecule has 1 amide bonds. The third kappa shape index (κ3) is 4.39. The maximum atomic E-state index is 13.1. The van der Waals surface area contributed by atoms with E-state index >= 15 is 0 Å². The number of hydrogen-bond donors (Lipinski definition) is 0. The van der Waals surface area contributed by atoms with Crippen LogP contribution in [0.2, 0.25) is 0 Å². The van der Waals surface area contributed by atoms with E-state index in [1.165, 1.54) is 12.1 Å². The molecule has 0 bridgehead atoms. The van der Waals surface area contributed by atoms with Crippen LogP contribution in [0.15, 0.2) is 47.3 Å². The summed E-state index contributed by atoms with van der Waals surface area (Å²) >= 11 is 0. The van der Waals surface area contributed by atoms with Crippen LogP contribution in [0.1, 0.15) is 55.3 Å². The van der Waals surface area contributed by atoms with Crippen molar-refractivity contribution in [3.8, 4) is 0 Å². The Bertz CT molecular complexity index is 963. The summed E-state index contributed by atoms with van der Waals surface area (Å²) in [6.45, 7) is 3.01. The number of benzene rings is 1. The summed E-state index contributed by atoms with van der Waals surface area (Å²) in [5, 5.41) is 0. The fraction of sp³-hybridized carbons (Fsp3) is 0.409. The van der Waals surface area contributed by atoms with Gasteiger partial charge in [0.2, 0.25) is 11.8 Å². The molecular formula is C22H25FN4O2. The quantitative estimate of drug-likeness (QED) is 0.634. The molecule has 1 aliphatic heterocycles. The number of carbonyl (C=O) groups is 1. The first kappa shape index (κ1) is 19.4. The number of nitrogens with zero attached hydrogens (tertiary/aromatic N) is 4. The summed E-state index contributed by atoms with van der Waals surface area (Å²) in [5.41, 5.74) is 0.956. The average molecular weight is 396 g/mol. The molecule has 0 spiro atoms. The first-order valence-corrected chi connectivity index (χ1v) is 10.1. The Morgan fingerprint density at radius 1 is 1.24 bits per heavy atom. The van der Waals surface area contributed by atoms with Gasteiger partial charge in [0, 0.05) is 31.8 Å². The van der Waals surface area contributed by atoms with Crippen molar-refractivity contribution >= 4 is 5.91 Å². The molecule has 1 saturated heterocycles. The first-order chi connectivity index (χ1) is 14.1. The highest BCUT2D eigenvalue weighted by atomic mass is 19.1. The molecule has 0 saturated carbocycles. The van der Waals surface area contributed by atoms with E-state index < -0.39 is 0 Å². The van der Waals surface area contributed by atoms with Crippen molar-refractivity contribution in [2.75, 3.05) is 6.54 Å². The van der Waals surface area contributed by atoms with Gasteiger partial charge in [0.25, 0.3) is 0 Å². The van der Waals surface area contributed by atoms with Crippen LogP contribution in [-0.2, 0) is 24.2 Å². The molecule has 3 heterocycles. The number of rotatable bonds is 6. The van der Waals surface area contributed by atoms with Crippen LogP contribution in [0.25, 0.3) is 0 Å². The molecule has 0 radical (unpaired) electrons. The smallest absolute Gasteiger partial charge is 0.243 e. The standard InChI is InChI=1S/C22H25FN4O2/c1-2-20-24-10-12-26(20)15-21(28)27-11-4-3-5-19(27)22-25-14-18(29-22)13-16-6-8-17(23)9-7-16/h6-10,12,14,19H,2-5,11,13,15H2,1H3/t19-/m0/s1. The number of piperidine rings is 1. The molecule has 1 aromatic carbocycles. The zero-order valence-electron chi connectivity index (χ0n) is 16.6. The molecule has 4 rings (SSSR count). The van der Waals surface area contributed by atoms with E-state index in [9.17, 15) is 9.18 Å². The van der Waals surface area contributed by atoms with Crippen LogP contribution in [-0.4, -0.2) is 31.9 Å². The minimum Gasteiger partial charge on any atom is -0.443 e. The van der Waals surface area contributed by atoms with Crippen molar-refractivity contribution in [3.63, 3.8) is 0 Å². The van der Waals surface area contributed by atoms with Gasteiger partial charge in [-0.15, -0.1) is 0 Å². The number of aromatic nitrogens is 3. The van der Waals surface area contributed by atoms with Crippen molar-refractivity contribution in [1.82, 2.24) is 19.4 Å². The first-order valence-electron chi connectivity index (χ1n) is 10.1. The molecule has 1 fully saturated rings. The second-order valence-corrected chi connectivity index (χ2v) is 7.39. The molecule has 29 heavy (non-hydrogen) atoms. The lowest BCUT2D eigenvalue weighted by Crippen LogP contribution is -2.40. The number of aryl methyl sites for hydroxylation is 1. The topological polar surface area (TPSA) is 64.2 Å². The molecule has 0 aliphatic carbocycles. The van der Waals surface area contributed by atoms with Gasteiger partial charge in [-0.2, -0.15) is 0 Å². The van der Waals surface area contributed by atoms with Crippen LogP contribution < -0.4 is 0 Å². The minimum atomic E-state index is -0.257. The maximum Gasteiger partial charge on any atom is 0.243 e. The Balaban J connectivity index is 1.48. The Morgan fingerprint density at radius 3 is 2.86 bits per heavy atom. The number of carbonyl (C=O) groups excluding carboxylic acids is 1. The van der Waals surface area contributed by atoms with Gasteiger partial charge in [-0.3, -0.25) is 4.79 Å². The van der Waals surface area contributed by atoms with Crippen molar-refractivity contribution in [2.45, 2.75) is 51.6 Å². The summed E-state index contributed by atoms with van der Waals surface area (Å²) in [5.74, 6) is 2.00. The van der Waals surface area contributed by atoms with E-state index in [1.54, 1.807) is 24.5 Å². The summed E-state index contributed by atoms with van der Waals surface area (Å²) in [4.78, 5) is 23.7. The fourth-order valence-corrected chi connectivity index (χ4v) is 3.88. The SMILES string of the molecule is CCc1nccn1CC(=O)N1CCCC[C@H]1c1ncc(Cc2ccc(F)cc2)o1. The van der Waals surface area contributed by atoms with Gasteiger partial charge >= 0.3 is 0 Å². The highest BCUT2D eigenvalue weighted by Gasteiger charge is 2.31. The summed E-state index contributed by atoms with van der Waals surface area (Å²) < 4.78 is 21.0. The van der Waals surface area contributed by atoms with Crippen LogP contribution in [0.5, 0.6) is 0 Å². The van der Waals surface area contributed by atoms with E-state index in [1.807, 2.05) is 22.6 Å².